The standard InChI is InChI=1S/C16H21N3O/c1-19(11-14-5-3-13(10-17)4-6-14)15(20)9-16(12-18)7-2-8-16/h3-6H,2,7-9,11-12,18H2,1H3. The summed E-state index contributed by atoms with van der Waals surface area (Å²) in [4.78, 5) is 14.0. The monoisotopic (exact) mass is 271 g/mol. The smallest absolute Gasteiger partial charge is 0.223 e. The Morgan fingerprint density at radius 3 is 2.50 bits per heavy atom. The van der Waals surface area contributed by atoms with Crippen molar-refractivity contribution in [2.45, 2.75) is 32.2 Å². The summed E-state index contributed by atoms with van der Waals surface area (Å²) in [6, 6.07) is 9.43. The van der Waals surface area contributed by atoms with Crippen LogP contribution in [0.3, 0.4) is 0 Å². The fraction of sp³-hybridized carbons (Fsp3) is 0.500. The molecule has 0 bridgehead atoms. The molecule has 1 aliphatic carbocycles. The summed E-state index contributed by atoms with van der Waals surface area (Å²) in [5.41, 5.74) is 7.53. The van der Waals surface area contributed by atoms with Crippen LogP contribution in [0, 0.1) is 16.7 Å². The summed E-state index contributed by atoms with van der Waals surface area (Å²) in [6.07, 6.45) is 3.87. The molecule has 1 fully saturated rings. The maximum Gasteiger partial charge on any atom is 0.223 e. The molecule has 1 aromatic rings. The molecule has 0 saturated heterocycles. The molecule has 0 atom stereocenters. The van der Waals surface area contributed by atoms with Crippen molar-refractivity contribution in [2.24, 2.45) is 11.1 Å². The second-order valence-corrected chi connectivity index (χ2v) is 5.79. The lowest BCUT2D eigenvalue weighted by Gasteiger charge is -2.41. The minimum Gasteiger partial charge on any atom is -0.341 e. The summed E-state index contributed by atoms with van der Waals surface area (Å²) in [5.74, 6) is 0.152. The van der Waals surface area contributed by atoms with Gasteiger partial charge in [-0.25, -0.2) is 0 Å². The van der Waals surface area contributed by atoms with Crippen LogP contribution < -0.4 is 5.73 Å². The predicted molar refractivity (Wildman–Crippen MR) is 77.6 cm³/mol. The van der Waals surface area contributed by atoms with Gasteiger partial charge in [0.15, 0.2) is 0 Å². The van der Waals surface area contributed by atoms with E-state index in [4.69, 9.17) is 11.0 Å². The number of hydrogen-bond donors (Lipinski definition) is 1. The Kier molecular flexibility index (Phi) is 4.41. The lowest BCUT2D eigenvalue weighted by Crippen LogP contribution is -2.42. The van der Waals surface area contributed by atoms with Crippen molar-refractivity contribution in [3.05, 3.63) is 35.4 Å². The summed E-state index contributed by atoms with van der Waals surface area (Å²) in [6.45, 7) is 1.18. The van der Waals surface area contributed by atoms with Crippen molar-refractivity contribution in [3.8, 4) is 6.07 Å². The fourth-order valence-corrected chi connectivity index (χ4v) is 2.63. The lowest BCUT2D eigenvalue weighted by atomic mass is 9.66. The van der Waals surface area contributed by atoms with Crippen LogP contribution in [-0.2, 0) is 11.3 Å². The Bertz CT molecular complexity index is 506. The number of carbonyl (C=O) groups is 1. The molecule has 1 saturated carbocycles. The second-order valence-electron chi connectivity index (χ2n) is 5.79. The minimum absolute atomic E-state index is 0.0516. The average molecular weight is 271 g/mol. The molecule has 106 valence electrons. The number of hydrogen-bond acceptors (Lipinski definition) is 3. The Morgan fingerprint density at radius 1 is 1.40 bits per heavy atom. The van der Waals surface area contributed by atoms with Crippen LogP contribution in [0.1, 0.15) is 36.8 Å². The zero-order valence-electron chi connectivity index (χ0n) is 11.9. The Hall–Kier alpha value is -1.86. The molecule has 0 heterocycles. The van der Waals surface area contributed by atoms with E-state index < -0.39 is 0 Å². The molecule has 0 unspecified atom stereocenters. The normalized spacial score (nSPS) is 16.1. The topological polar surface area (TPSA) is 70.1 Å². The van der Waals surface area contributed by atoms with Gasteiger partial charge in [0.25, 0.3) is 0 Å². The van der Waals surface area contributed by atoms with Gasteiger partial charge in [-0.1, -0.05) is 18.6 Å². The highest BCUT2D eigenvalue weighted by Crippen LogP contribution is 2.43. The van der Waals surface area contributed by atoms with E-state index >= 15 is 0 Å². The van der Waals surface area contributed by atoms with Crippen LogP contribution in [0.4, 0.5) is 0 Å². The zero-order chi connectivity index (χ0) is 14.6. The van der Waals surface area contributed by atoms with E-state index in [1.165, 1.54) is 6.42 Å². The van der Waals surface area contributed by atoms with E-state index in [0.29, 0.717) is 25.1 Å². The largest absolute Gasteiger partial charge is 0.341 e. The average Bonchev–Trinajstić information content (AvgIpc) is 2.43. The molecule has 0 spiro atoms. The number of carbonyl (C=O) groups excluding carboxylic acids is 1. The minimum atomic E-state index is 0.0516. The van der Waals surface area contributed by atoms with Crippen molar-refractivity contribution < 1.29 is 4.79 Å². The third-order valence-electron chi connectivity index (χ3n) is 4.30. The molecule has 0 aromatic heterocycles. The fourth-order valence-electron chi connectivity index (χ4n) is 2.63. The van der Waals surface area contributed by atoms with E-state index in [2.05, 4.69) is 6.07 Å². The van der Waals surface area contributed by atoms with Gasteiger partial charge in [-0.2, -0.15) is 5.26 Å². The second kappa shape index (κ2) is 6.06. The molecule has 1 aromatic carbocycles. The van der Waals surface area contributed by atoms with Gasteiger partial charge in [0.2, 0.25) is 5.91 Å². The molecule has 1 amide bonds. The maximum absolute atomic E-state index is 12.3. The number of nitriles is 1. The van der Waals surface area contributed by atoms with Gasteiger partial charge < -0.3 is 10.6 Å². The predicted octanol–water partition coefficient (Wildman–Crippen LogP) is 2.04. The zero-order valence-corrected chi connectivity index (χ0v) is 11.9. The van der Waals surface area contributed by atoms with Crippen LogP contribution in [0.5, 0.6) is 0 Å². The van der Waals surface area contributed by atoms with E-state index in [0.717, 1.165) is 18.4 Å². The molecule has 0 radical (unpaired) electrons. The van der Waals surface area contributed by atoms with Crippen LogP contribution in [-0.4, -0.2) is 24.4 Å². The lowest BCUT2D eigenvalue weighted by molar-refractivity contribution is -0.134. The molecule has 20 heavy (non-hydrogen) atoms. The van der Waals surface area contributed by atoms with Crippen LogP contribution in [0.2, 0.25) is 0 Å². The van der Waals surface area contributed by atoms with Gasteiger partial charge in [0.1, 0.15) is 0 Å². The maximum atomic E-state index is 12.3. The van der Waals surface area contributed by atoms with Gasteiger partial charge in [-0.05, 0) is 42.5 Å². The van der Waals surface area contributed by atoms with Gasteiger partial charge in [-0.3, -0.25) is 4.79 Å². The van der Waals surface area contributed by atoms with E-state index in [-0.39, 0.29) is 11.3 Å². The molecule has 1 aliphatic rings. The van der Waals surface area contributed by atoms with Crippen LogP contribution in [0.15, 0.2) is 24.3 Å². The summed E-state index contributed by atoms with van der Waals surface area (Å²) < 4.78 is 0. The van der Waals surface area contributed by atoms with Gasteiger partial charge in [-0.15, -0.1) is 0 Å². The van der Waals surface area contributed by atoms with Crippen molar-refractivity contribution in [2.75, 3.05) is 13.6 Å². The molecule has 0 aliphatic heterocycles. The molecule has 4 heteroatoms. The molecule has 4 nitrogen and oxygen atoms in total. The third kappa shape index (κ3) is 3.17. The highest BCUT2D eigenvalue weighted by Gasteiger charge is 2.38. The number of nitrogens with two attached hydrogens (primary N) is 1. The number of benzene rings is 1. The van der Waals surface area contributed by atoms with E-state index in [1.54, 1.807) is 17.0 Å². The molecule has 2 N–H and O–H groups in total. The first-order chi connectivity index (χ1) is 9.58. The summed E-state index contributed by atoms with van der Waals surface area (Å²) >= 11 is 0. The summed E-state index contributed by atoms with van der Waals surface area (Å²) in [7, 11) is 1.82. The first-order valence-electron chi connectivity index (χ1n) is 7.02. The third-order valence-corrected chi connectivity index (χ3v) is 4.30. The van der Waals surface area contributed by atoms with Crippen LogP contribution in [0.25, 0.3) is 0 Å². The molecular weight excluding hydrogens is 250 g/mol. The van der Waals surface area contributed by atoms with Gasteiger partial charge in [0.05, 0.1) is 11.6 Å². The van der Waals surface area contributed by atoms with E-state index in [9.17, 15) is 4.79 Å². The van der Waals surface area contributed by atoms with Crippen molar-refractivity contribution in [1.82, 2.24) is 4.90 Å². The summed E-state index contributed by atoms with van der Waals surface area (Å²) in [5, 5.41) is 8.76. The van der Waals surface area contributed by atoms with Gasteiger partial charge >= 0.3 is 0 Å². The first-order valence-corrected chi connectivity index (χ1v) is 7.02. The highest BCUT2D eigenvalue weighted by atomic mass is 16.2. The quantitative estimate of drug-likeness (QED) is 0.890. The number of nitrogens with zero attached hydrogens (tertiary/aromatic N) is 2. The molecular formula is C16H21N3O. The van der Waals surface area contributed by atoms with Gasteiger partial charge in [0, 0.05) is 20.0 Å². The molecule has 2 rings (SSSR count). The first kappa shape index (κ1) is 14.5. The van der Waals surface area contributed by atoms with Crippen LogP contribution >= 0.6 is 0 Å². The highest BCUT2D eigenvalue weighted by molar-refractivity contribution is 5.76. The SMILES string of the molecule is CN(Cc1ccc(C#N)cc1)C(=O)CC1(CN)CCC1. The number of amides is 1. The van der Waals surface area contributed by atoms with Crippen molar-refractivity contribution >= 4 is 5.91 Å². The van der Waals surface area contributed by atoms with Crippen molar-refractivity contribution in [1.29, 1.82) is 5.26 Å². The van der Waals surface area contributed by atoms with Crippen molar-refractivity contribution in [3.63, 3.8) is 0 Å². The Labute approximate surface area is 120 Å². The Balaban J connectivity index is 1.91. The number of rotatable bonds is 5. The Morgan fingerprint density at radius 2 is 2.05 bits per heavy atom. The van der Waals surface area contributed by atoms with E-state index in [1.807, 2.05) is 19.2 Å².